The van der Waals surface area contributed by atoms with Crippen LogP contribution in [0.15, 0.2) is 36.1 Å². The van der Waals surface area contributed by atoms with Crippen LogP contribution in [0.5, 0.6) is 5.75 Å². The number of rotatable bonds is 2. The number of aliphatic hydroxyl groups excluding tert-OH is 1. The molecular weight excluding hydrogens is 232 g/mol. The molecule has 0 heterocycles. The number of hydrogen-bond acceptors (Lipinski definition) is 4. The van der Waals surface area contributed by atoms with Crippen molar-refractivity contribution >= 4 is 11.6 Å². The second-order valence-corrected chi connectivity index (χ2v) is 4.24. The fraction of sp³-hybridized carbons (Fsp3) is 0.286. The van der Waals surface area contributed by atoms with Gasteiger partial charge in [0, 0.05) is 18.8 Å². The van der Waals surface area contributed by atoms with Gasteiger partial charge in [0.25, 0.3) is 0 Å². The number of allylic oxidation sites excluding steroid dienone is 1. The molecule has 0 atom stereocenters. The fourth-order valence-electron chi connectivity index (χ4n) is 2.26. The Morgan fingerprint density at radius 3 is 2.39 bits per heavy atom. The molecule has 18 heavy (non-hydrogen) atoms. The summed E-state index contributed by atoms with van der Waals surface area (Å²) in [5.74, 6) is -0.126. The number of benzene rings is 1. The van der Waals surface area contributed by atoms with Gasteiger partial charge in [-0.3, -0.25) is 9.59 Å². The molecule has 0 amide bonds. The van der Waals surface area contributed by atoms with E-state index < -0.39 is 0 Å². The van der Waals surface area contributed by atoms with Gasteiger partial charge in [-0.1, -0.05) is 18.2 Å². The zero-order chi connectivity index (χ0) is 13.1. The summed E-state index contributed by atoms with van der Waals surface area (Å²) in [6, 6.07) is 7.36. The zero-order valence-corrected chi connectivity index (χ0v) is 10.1. The van der Waals surface area contributed by atoms with Crippen molar-refractivity contribution in [2.75, 3.05) is 7.11 Å². The molecule has 1 fully saturated rings. The third-order valence-electron chi connectivity index (χ3n) is 3.17. The summed E-state index contributed by atoms with van der Waals surface area (Å²) in [6.07, 6.45) is 1.06. The van der Waals surface area contributed by atoms with Crippen LogP contribution in [0.4, 0.5) is 0 Å². The third kappa shape index (κ3) is 2.14. The molecule has 1 aromatic carbocycles. The fourth-order valence-corrected chi connectivity index (χ4v) is 2.26. The molecule has 0 aliphatic heterocycles. The first-order chi connectivity index (χ1) is 8.67. The highest BCUT2D eigenvalue weighted by Crippen LogP contribution is 2.36. The quantitative estimate of drug-likeness (QED) is 0.493. The average molecular weight is 246 g/mol. The first-order valence-corrected chi connectivity index (χ1v) is 5.71. The molecule has 0 aromatic heterocycles. The molecule has 0 saturated heterocycles. The number of hydrogen-bond donors (Lipinski definition) is 1. The van der Waals surface area contributed by atoms with Crippen molar-refractivity contribution in [3.8, 4) is 5.75 Å². The molecule has 0 radical (unpaired) electrons. The van der Waals surface area contributed by atoms with E-state index in [4.69, 9.17) is 9.84 Å². The van der Waals surface area contributed by atoms with Gasteiger partial charge in [-0.15, -0.1) is 0 Å². The Morgan fingerprint density at radius 1 is 1.22 bits per heavy atom. The van der Waals surface area contributed by atoms with Crippen LogP contribution >= 0.6 is 0 Å². The first-order valence-electron chi connectivity index (χ1n) is 5.71. The van der Waals surface area contributed by atoms with Crippen LogP contribution in [0, 0.1) is 0 Å². The van der Waals surface area contributed by atoms with Gasteiger partial charge >= 0.3 is 0 Å². The molecule has 0 spiro atoms. The maximum atomic E-state index is 11.7. The smallest absolute Gasteiger partial charge is 0.170 e. The maximum Gasteiger partial charge on any atom is 0.170 e. The summed E-state index contributed by atoms with van der Waals surface area (Å²) in [4.78, 5) is 23.5. The molecular formula is C14H14O4. The number of methoxy groups -OCH3 is 1. The lowest BCUT2D eigenvalue weighted by atomic mass is 9.80. The molecule has 1 saturated carbocycles. The van der Waals surface area contributed by atoms with Crippen LogP contribution in [0.1, 0.15) is 24.3 Å². The number of carbonyl (C=O) groups excluding carboxylic acids is 2. The first kappa shape index (κ1) is 12.4. The highest BCUT2D eigenvalue weighted by molar-refractivity contribution is 6.22. The number of Topliss-reactive ketones (excluding diaryl/α,β-unsaturated/α-hetero) is 2. The van der Waals surface area contributed by atoms with E-state index >= 15 is 0 Å². The summed E-state index contributed by atoms with van der Waals surface area (Å²) in [5.41, 5.74) is 0.764. The van der Waals surface area contributed by atoms with E-state index in [9.17, 15) is 9.59 Å². The van der Waals surface area contributed by atoms with Crippen molar-refractivity contribution in [3.63, 3.8) is 0 Å². The summed E-state index contributed by atoms with van der Waals surface area (Å²) in [5, 5.41) is 8.86. The van der Waals surface area contributed by atoms with Gasteiger partial charge in [0.2, 0.25) is 0 Å². The predicted octanol–water partition coefficient (Wildman–Crippen LogP) is 2.15. The third-order valence-corrected chi connectivity index (χ3v) is 3.17. The number of ether oxygens (including phenoxy) is 1. The molecule has 4 nitrogen and oxygen atoms in total. The van der Waals surface area contributed by atoms with Crippen molar-refractivity contribution in [2.45, 2.75) is 18.8 Å². The minimum atomic E-state index is -0.315. The van der Waals surface area contributed by atoms with Crippen LogP contribution in [0.2, 0.25) is 0 Å². The van der Waals surface area contributed by atoms with Gasteiger partial charge in [0.15, 0.2) is 11.6 Å². The Balaban J connectivity index is 2.31. The SMILES string of the molecule is COc1ccccc1C1CC(=O)C(=CO)C(=O)C1. The van der Waals surface area contributed by atoms with Crippen LogP contribution in [0.25, 0.3) is 0 Å². The van der Waals surface area contributed by atoms with E-state index in [2.05, 4.69) is 0 Å². The lowest BCUT2D eigenvalue weighted by Crippen LogP contribution is -2.25. The Labute approximate surface area is 105 Å². The molecule has 94 valence electrons. The van der Waals surface area contributed by atoms with Crippen molar-refractivity contribution in [2.24, 2.45) is 0 Å². The highest BCUT2D eigenvalue weighted by Gasteiger charge is 2.32. The summed E-state index contributed by atoms with van der Waals surface area (Å²) >= 11 is 0. The van der Waals surface area contributed by atoms with Crippen molar-refractivity contribution < 1.29 is 19.4 Å². The molecule has 1 N–H and O–H groups in total. The van der Waals surface area contributed by atoms with Gasteiger partial charge in [-0.25, -0.2) is 0 Å². The predicted molar refractivity (Wildman–Crippen MR) is 65.7 cm³/mol. The van der Waals surface area contributed by atoms with Gasteiger partial charge < -0.3 is 9.84 Å². The Hall–Kier alpha value is -2.10. The molecule has 1 aliphatic carbocycles. The van der Waals surface area contributed by atoms with Gasteiger partial charge in [-0.05, 0) is 11.6 Å². The number of aliphatic hydroxyl groups is 1. The van der Waals surface area contributed by atoms with Crippen molar-refractivity contribution in [1.82, 2.24) is 0 Å². The van der Waals surface area contributed by atoms with E-state index in [0.29, 0.717) is 12.0 Å². The highest BCUT2D eigenvalue weighted by atomic mass is 16.5. The van der Waals surface area contributed by atoms with Gasteiger partial charge in [0.1, 0.15) is 5.75 Å². The lowest BCUT2D eigenvalue weighted by molar-refractivity contribution is -0.124. The van der Waals surface area contributed by atoms with E-state index in [0.717, 1.165) is 5.56 Å². The van der Waals surface area contributed by atoms with E-state index in [1.54, 1.807) is 7.11 Å². The van der Waals surface area contributed by atoms with E-state index in [-0.39, 0.29) is 35.9 Å². The largest absolute Gasteiger partial charge is 0.515 e. The van der Waals surface area contributed by atoms with Crippen molar-refractivity contribution in [3.05, 3.63) is 41.7 Å². The Bertz CT molecular complexity index is 496. The normalized spacial score (nSPS) is 19.8. The van der Waals surface area contributed by atoms with E-state index in [1.165, 1.54) is 0 Å². The molecule has 1 aliphatic rings. The average Bonchev–Trinajstić information content (AvgIpc) is 2.38. The summed E-state index contributed by atoms with van der Waals surface area (Å²) < 4.78 is 5.24. The number of ketones is 2. The Morgan fingerprint density at radius 2 is 1.83 bits per heavy atom. The van der Waals surface area contributed by atoms with Crippen molar-refractivity contribution in [1.29, 1.82) is 0 Å². The second kappa shape index (κ2) is 5.04. The topological polar surface area (TPSA) is 63.6 Å². The van der Waals surface area contributed by atoms with Gasteiger partial charge in [0.05, 0.1) is 18.9 Å². The van der Waals surface area contributed by atoms with Gasteiger partial charge in [-0.2, -0.15) is 0 Å². The molecule has 1 aromatic rings. The standard InChI is InChI=1S/C14H14O4/c1-18-14-5-3-2-4-10(14)9-6-12(16)11(8-15)13(17)7-9/h2-5,8-9,15H,6-7H2,1H3. The van der Waals surface area contributed by atoms with Crippen LogP contribution in [-0.2, 0) is 9.59 Å². The maximum absolute atomic E-state index is 11.7. The minimum absolute atomic E-state index is 0.0962. The summed E-state index contributed by atoms with van der Waals surface area (Å²) in [6.45, 7) is 0. The monoisotopic (exact) mass is 246 g/mol. The minimum Gasteiger partial charge on any atom is -0.515 e. The number of para-hydroxylation sites is 1. The van der Waals surface area contributed by atoms with Crippen LogP contribution in [-0.4, -0.2) is 23.8 Å². The van der Waals surface area contributed by atoms with Crippen LogP contribution < -0.4 is 4.74 Å². The number of carbonyl (C=O) groups is 2. The molecule has 0 unspecified atom stereocenters. The van der Waals surface area contributed by atoms with E-state index in [1.807, 2.05) is 24.3 Å². The molecule has 2 rings (SSSR count). The molecule has 0 bridgehead atoms. The lowest BCUT2D eigenvalue weighted by Gasteiger charge is -2.23. The van der Waals surface area contributed by atoms with Crippen LogP contribution in [0.3, 0.4) is 0 Å². The molecule has 4 heteroatoms. The zero-order valence-electron chi connectivity index (χ0n) is 10.1. The Kier molecular flexibility index (Phi) is 3.46. The summed E-state index contributed by atoms with van der Waals surface area (Å²) in [7, 11) is 1.56. The second-order valence-electron chi connectivity index (χ2n) is 4.24.